The van der Waals surface area contributed by atoms with Gasteiger partial charge in [-0.3, -0.25) is 0 Å². The quantitative estimate of drug-likeness (QED) is 0.779. The lowest BCUT2D eigenvalue weighted by Gasteiger charge is -2.42. The van der Waals surface area contributed by atoms with Crippen molar-refractivity contribution in [1.29, 1.82) is 0 Å². The second-order valence-electron chi connectivity index (χ2n) is 5.36. The number of rotatable bonds is 2. The van der Waals surface area contributed by atoms with Crippen LogP contribution in [0.4, 0.5) is 0 Å². The fraction of sp³-hybridized carbons (Fsp3) is 0.571. The van der Waals surface area contributed by atoms with E-state index in [2.05, 4.69) is 57.4 Å². The largest absolute Gasteiger partial charge is 0.314 e. The number of nitrogens with one attached hydrogen (secondary N) is 1. The fourth-order valence-corrected chi connectivity index (χ4v) is 2.72. The number of fused-ring (bicyclic) bond motifs is 1. The first-order chi connectivity index (χ1) is 7.01. The van der Waals surface area contributed by atoms with Gasteiger partial charge in [0.2, 0.25) is 0 Å². The predicted molar refractivity (Wildman–Crippen MR) is 65.3 cm³/mol. The summed E-state index contributed by atoms with van der Waals surface area (Å²) in [5.41, 5.74) is 3.48. The Kier molecular flexibility index (Phi) is 2.38. The second kappa shape index (κ2) is 3.34. The van der Waals surface area contributed by atoms with Crippen LogP contribution in [0.5, 0.6) is 0 Å². The van der Waals surface area contributed by atoms with Crippen LogP contribution < -0.4 is 5.32 Å². The third-order valence-electron chi connectivity index (χ3n) is 4.51. The molecular formula is C14H21N. The average molecular weight is 203 g/mol. The highest BCUT2D eigenvalue weighted by Crippen LogP contribution is 2.45. The van der Waals surface area contributed by atoms with Crippen molar-refractivity contribution in [3.05, 3.63) is 35.4 Å². The smallest absolute Gasteiger partial charge is 0.0216 e. The Labute approximate surface area is 92.9 Å². The summed E-state index contributed by atoms with van der Waals surface area (Å²) in [7, 11) is 2.06. The number of benzene rings is 1. The van der Waals surface area contributed by atoms with E-state index in [1.54, 1.807) is 0 Å². The zero-order valence-electron chi connectivity index (χ0n) is 10.2. The van der Waals surface area contributed by atoms with E-state index in [4.69, 9.17) is 0 Å². The zero-order valence-corrected chi connectivity index (χ0v) is 10.2. The van der Waals surface area contributed by atoms with Crippen molar-refractivity contribution in [2.75, 3.05) is 7.05 Å². The van der Waals surface area contributed by atoms with Crippen molar-refractivity contribution < 1.29 is 0 Å². The van der Waals surface area contributed by atoms with Gasteiger partial charge < -0.3 is 5.32 Å². The van der Waals surface area contributed by atoms with Gasteiger partial charge in [-0.25, -0.2) is 0 Å². The Morgan fingerprint density at radius 1 is 1.27 bits per heavy atom. The van der Waals surface area contributed by atoms with Crippen LogP contribution in [-0.2, 0) is 11.8 Å². The van der Waals surface area contributed by atoms with Crippen LogP contribution in [0.1, 0.15) is 38.3 Å². The van der Waals surface area contributed by atoms with Gasteiger partial charge in [-0.2, -0.15) is 0 Å². The summed E-state index contributed by atoms with van der Waals surface area (Å²) < 4.78 is 0. The first-order valence-electron chi connectivity index (χ1n) is 5.78. The fourth-order valence-electron chi connectivity index (χ4n) is 2.72. The number of hydrogen-bond acceptors (Lipinski definition) is 1. The van der Waals surface area contributed by atoms with Gasteiger partial charge in [0, 0.05) is 11.0 Å². The van der Waals surface area contributed by atoms with Crippen molar-refractivity contribution >= 4 is 0 Å². The van der Waals surface area contributed by atoms with E-state index in [0.717, 1.165) is 0 Å². The van der Waals surface area contributed by atoms with E-state index < -0.39 is 0 Å². The third-order valence-corrected chi connectivity index (χ3v) is 4.51. The van der Waals surface area contributed by atoms with E-state index in [-0.39, 0.29) is 11.0 Å². The van der Waals surface area contributed by atoms with Crippen LogP contribution in [0.15, 0.2) is 24.3 Å². The molecule has 0 saturated carbocycles. The third kappa shape index (κ3) is 1.41. The summed E-state index contributed by atoms with van der Waals surface area (Å²) in [6.45, 7) is 6.99. The van der Waals surface area contributed by atoms with Gasteiger partial charge in [-0.1, -0.05) is 31.2 Å². The Balaban J connectivity index is 2.49. The molecule has 1 atom stereocenters. The number of aryl methyl sites for hydroxylation is 1. The minimum absolute atomic E-state index is 0.152. The Hall–Kier alpha value is -0.820. The molecule has 1 heteroatoms. The molecule has 0 saturated heterocycles. The van der Waals surface area contributed by atoms with Gasteiger partial charge in [0.15, 0.2) is 0 Å². The van der Waals surface area contributed by atoms with Gasteiger partial charge in [0.05, 0.1) is 0 Å². The maximum Gasteiger partial charge on any atom is 0.0216 e. The van der Waals surface area contributed by atoms with Crippen molar-refractivity contribution in [3.63, 3.8) is 0 Å². The molecule has 1 unspecified atom stereocenters. The molecule has 2 rings (SSSR count). The monoisotopic (exact) mass is 203 g/mol. The van der Waals surface area contributed by atoms with E-state index in [1.165, 1.54) is 24.0 Å². The number of hydrogen-bond donors (Lipinski definition) is 1. The molecule has 1 aliphatic carbocycles. The van der Waals surface area contributed by atoms with Gasteiger partial charge in [0.1, 0.15) is 0 Å². The molecule has 0 aliphatic heterocycles. The molecule has 1 N–H and O–H groups in total. The van der Waals surface area contributed by atoms with Crippen molar-refractivity contribution in [3.8, 4) is 0 Å². The highest BCUT2D eigenvalue weighted by Gasteiger charge is 2.45. The van der Waals surface area contributed by atoms with E-state index in [1.807, 2.05) is 0 Å². The minimum atomic E-state index is 0.152. The summed E-state index contributed by atoms with van der Waals surface area (Å²) in [6.07, 6.45) is 2.47. The first kappa shape index (κ1) is 10.7. The van der Waals surface area contributed by atoms with Crippen LogP contribution >= 0.6 is 0 Å². The highest BCUT2D eigenvalue weighted by atomic mass is 14.9. The van der Waals surface area contributed by atoms with Crippen molar-refractivity contribution in [2.45, 2.75) is 44.6 Å². The van der Waals surface area contributed by atoms with Gasteiger partial charge >= 0.3 is 0 Å². The van der Waals surface area contributed by atoms with Crippen LogP contribution in [0, 0.1) is 0 Å². The lowest BCUT2D eigenvalue weighted by atomic mass is 9.69. The maximum absolute atomic E-state index is 3.46. The highest BCUT2D eigenvalue weighted by molar-refractivity contribution is 5.41. The molecule has 82 valence electrons. The molecule has 0 aromatic heterocycles. The van der Waals surface area contributed by atoms with Crippen LogP contribution in [-0.4, -0.2) is 12.6 Å². The molecule has 15 heavy (non-hydrogen) atoms. The Bertz CT molecular complexity index is 367. The molecule has 0 heterocycles. The minimum Gasteiger partial charge on any atom is -0.314 e. The predicted octanol–water partition coefficient (Wildman–Crippen LogP) is 2.89. The summed E-state index contributed by atoms with van der Waals surface area (Å²) >= 11 is 0. The van der Waals surface area contributed by atoms with Crippen LogP contribution in [0.2, 0.25) is 0 Å². The van der Waals surface area contributed by atoms with Crippen molar-refractivity contribution in [2.24, 2.45) is 0 Å². The van der Waals surface area contributed by atoms with Crippen LogP contribution in [0.3, 0.4) is 0 Å². The molecule has 0 fully saturated rings. The van der Waals surface area contributed by atoms with Gasteiger partial charge in [0.25, 0.3) is 0 Å². The summed E-state index contributed by atoms with van der Waals surface area (Å²) in [5.74, 6) is 0. The topological polar surface area (TPSA) is 12.0 Å². The second-order valence-corrected chi connectivity index (χ2v) is 5.36. The zero-order chi connectivity index (χ0) is 11.1. The first-order valence-corrected chi connectivity index (χ1v) is 5.78. The van der Waals surface area contributed by atoms with Gasteiger partial charge in [-0.15, -0.1) is 0 Å². The molecule has 1 nitrogen and oxygen atoms in total. The number of likely N-dealkylation sites (N-methyl/N-ethyl adjacent to an activating group) is 1. The SMILES string of the molecule is CNC(C)(C)C1(C)CCc2ccccc21. The Morgan fingerprint density at radius 3 is 2.60 bits per heavy atom. The standard InChI is InChI=1S/C14H21N/c1-13(2,15-4)14(3)10-9-11-7-5-6-8-12(11)14/h5-8,15H,9-10H2,1-4H3. The molecule has 1 aromatic rings. The molecule has 0 spiro atoms. The van der Waals surface area contributed by atoms with E-state index in [9.17, 15) is 0 Å². The maximum atomic E-state index is 3.46. The Morgan fingerprint density at radius 2 is 1.93 bits per heavy atom. The lowest BCUT2D eigenvalue weighted by molar-refractivity contribution is 0.233. The summed E-state index contributed by atoms with van der Waals surface area (Å²) in [5, 5.41) is 3.46. The summed E-state index contributed by atoms with van der Waals surface area (Å²) in [6, 6.07) is 8.87. The van der Waals surface area contributed by atoms with Gasteiger partial charge in [-0.05, 0) is 44.9 Å². The lowest BCUT2D eigenvalue weighted by Crippen LogP contribution is -2.52. The molecule has 0 amide bonds. The average Bonchev–Trinajstić information content (AvgIpc) is 2.59. The van der Waals surface area contributed by atoms with Crippen LogP contribution in [0.25, 0.3) is 0 Å². The van der Waals surface area contributed by atoms with E-state index in [0.29, 0.717) is 0 Å². The van der Waals surface area contributed by atoms with E-state index >= 15 is 0 Å². The molecular weight excluding hydrogens is 182 g/mol. The molecule has 1 aliphatic rings. The summed E-state index contributed by atoms with van der Waals surface area (Å²) in [4.78, 5) is 0. The molecule has 0 radical (unpaired) electrons. The molecule has 0 bridgehead atoms. The molecule has 1 aromatic carbocycles. The van der Waals surface area contributed by atoms with Crippen molar-refractivity contribution in [1.82, 2.24) is 5.32 Å². The normalized spacial score (nSPS) is 25.3.